The highest BCUT2D eigenvalue weighted by Crippen LogP contribution is 2.19. The fourth-order valence-electron chi connectivity index (χ4n) is 1.26. The maximum Gasteiger partial charge on any atom is 0.397 e. The fourth-order valence-corrected chi connectivity index (χ4v) is 1.56. The van der Waals surface area contributed by atoms with Gasteiger partial charge >= 0.3 is 10.4 Å². The molecule has 96 valence electrons. The van der Waals surface area contributed by atoms with Crippen LogP contribution < -0.4 is 5.73 Å². The predicted octanol–water partition coefficient (Wildman–Crippen LogP) is -3.43. The van der Waals surface area contributed by atoms with Crippen molar-refractivity contribution < 1.29 is 37.2 Å². The summed E-state index contributed by atoms with van der Waals surface area (Å²) in [4.78, 5) is 0. The summed E-state index contributed by atoms with van der Waals surface area (Å²) in [6.45, 7) is -0.749. The monoisotopic (exact) mass is 259 g/mol. The zero-order valence-electron chi connectivity index (χ0n) is 8.00. The summed E-state index contributed by atoms with van der Waals surface area (Å²) in [6.07, 6.45) is -5.89. The highest BCUT2D eigenvalue weighted by Gasteiger charge is 2.42. The standard InChI is InChI=1S/C6H13NO8S/c7-3-5(9)4(8)2(15-6(3)10)1-14-16(11,12)13/h2-6,8-10H,1,7H2,(H,11,12,13)/t2?,3?,4-,5+,6?/m1/s1. The van der Waals surface area contributed by atoms with Gasteiger partial charge in [0.15, 0.2) is 6.29 Å². The van der Waals surface area contributed by atoms with E-state index in [4.69, 9.17) is 15.0 Å². The second-order valence-electron chi connectivity index (χ2n) is 3.34. The van der Waals surface area contributed by atoms with E-state index in [0.29, 0.717) is 0 Å². The molecule has 0 spiro atoms. The summed E-state index contributed by atoms with van der Waals surface area (Å²) < 4.78 is 37.4. The molecule has 16 heavy (non-hydrogen) atoms. The zero-order valence-corrected chi connectivity index (χ0v) is 8.82. The first-order valence-corrected chi connectivity index (χ1v) is 5.66. The summed E-state index contributed by atoms with van der Waals surface area (Å²) >= 11 is 0. The smallest absolute Gasteiger partial charge is 0.388 e. The molecule has 0 amide bonds. The van der Waals surface area contributed by atoms with Crippen LogP contribution in [0.4, 0.5) is 0 Å². The van der Waals surface area contributed by atoms with Crippen LogP contribution in [-0.2, 0) is 19.3 Å². The molecule has 1 aliphatic rings. The van der Waals surface area contributed by atoms with E-state index in [9.17, 15) is 23.7 Å². The molecule has 1 fully saturated rings. The average molecular weight is 259 g/mol. The fraction of sp³-hybridized carbons (Fsp3) is 1.00. The van der Waals surface area contributed by atoms with Crippen LogP contribution >= 0.6 is 0 Å². The predicted molar refractivity (Wildman–Crippen MR) is 48.4 cm³/mol. The molecule has 1 saturated heterocycles. The zero-order chi connectivity index (χ0) is 12.5. The number of aliphatic hydroxyl groups excluding tert-OH is 3. The number of nitrogens with two attached hydrogens (primary N) is 1. The van der Waals surface area contributed by atoms with E-state index in [0.717, 1.165) is 0 Å². The van der Waals surface area contributed by atoms with Crippen LogP contribution in [0, 0.1) is 0 Å². The topological polar surface area (TPSA) is 160 Å². The van der Waals surface area contributed by atoms with Crippen LogP contribution in [0.15, 0.2) is 0 Å². The van der Waals surface area contributed by atoms with Gasteiger partial charge in [0.1, 0.15) is 18.3 Å². The van der Waals surface area contributed by atoms with Gasteiger partial charge in [-0.3, -0.25) is 4.55 Å². The summed E-state index contributed by atoms with van der Waals surface area (Å²) in [7, 11) is -4.68. The third kappa shape index (κ3) is 3.33. The van der Waals surface area contributed by atoms with Crippen LogP contribution in [0.2, 0.25) is 0 Å². The van der Waals surface area contributed by atoms with Gasteiger partial charge in [0.05, 0.1) is 12.6 Å². The lowest BCUT2D eigenvalue weighted by Gasteiger charge is -2.38. The van der Waals surface area contributed by atoms with E-state index in [1.165, 1.54) is 0 Å². The van der Waals surface area contributed by atoms with Crippen molar-refractivity contribution in [2.45, 2.75) is 30.6 Å². The number of hydrogen-bond acceptors (Lipinski definition) is 8. The Labute approximate surface area is 91.3 Å². The lowest BCUT2D eigenvalue weighted by molar-refractivity contribution is -0.247. The molecule has 5 atom stereocenters. The second kappa shape index (κ2) is 4.89. The molecule has 3 unspecified atom stereocenters. The number of aliphatic hydroxyl groups is 3. The molecule has 0 bridgehead atoms. The lowest BCUT2D eigenvalue weighted by atomic mass is 9.98. The first-order valence-electron chi connectivity index (χ1n) is 4.29. The van der Waals surface area contributed by atoms with Gasteiger partial charge in [0.2, 0.25) is 0 Å². The molecular formula is C6H13NO8S. The Hall–Kier alpha value is -0.330. The minimum atomic E-state index is -4.68. The second-order valence-corrected chi connectivity index (χ2v) is 4.43. The minimum absolute atomic E-state index is 0.749. The highest BCUT2D eigenvalue weighted by atomic mass is 32.3. The average Bonchev–Trinajstić information content (AvgIpc) is 2.17. The molecule has 9 nitrogen and oxygen atoms in total. The summed E-state index contributed by atoms with van der Waals surface area (Å²) in [6, 6.07) is -1.21. The van der Waals surface area contributed by atoms with E-state index in [2.05, 4.69) is 4.18 Å². The van der Waals surface area contributed by atoms with Crippen LogP contribution in [0.25, 0.3) is 0 Å². The third-order valence-electron chi connectivity index (χ3n) is 2.15. The van der Waals surface area contributed by atoms with Gasteiger partial charge in [0, 0.05) is 0 Å². The summed E-state index contributed by atoms with van der Waals surface area (Å²) in [5, 5.41) is 27.9. The number of hydrogen-bond donors (Lipinski definition) is 5. The normalized spacial score (nSPS) is 40.9. The molecule has 6 N–H and O–H groups in total. The molecule has 0 radical (unpaired) electrons. The van der Waals surface area contributed by atoms with Crippen LogP contribution in [-0.4, -0.2) is 65.5 Å². The Morgan fingerprint density at radius 1 is 1.25 bits per heavy atom. The molecule has 0 aromatic rings. The van der Waals surface area contributed by atoms with Gasteiger partial charge in [-0.2, -0.15) is 8.42 Å². The summed E-state index contributed by atoms with van der Waals surface area (Å²) in [5.74, 6) is 0. The SMILES string of the molecule is NC1C(O)OC(COS(=O)(=O)O)[C@@H](O)[C@H]1O. The molecule has 1 heterocycles. The highest BCUT2D eigenvalue weighted by molar-refractivity contribution is 7.80. The first-order chi connectivity index (χ1) is 7.22. The van der Waals surface area contributed by atoms with E-state index < -0.39 is 47.6 Å². The quantitative estimate of drug-likeness (QED) is 0.325. The van der Waals surface area contributed by atoms with Gasteiger partial charge in [-0.25, -0.2) is 4.18 Å². The van der Waals surface area contributed by atoms with E-state index >= 15 is 0 Å². The maximum absolute atomic E-state index is 10.3. The van der Waals surface area contributed by atoms with Crippen molar-refractivity contribution in [3.8, 4) is 0 Å². The van der Waals surface area contributed by atoms with Crippen molar-refractivity contribution in [3.05, 3.63) is 0 Å². The molecular weight excluding hydrogens is 246 g/mol. The Kier molecular flexibility index (Phi) is 4.20. The van der Waals surface area contributed by atoms with E-state index in [1.807, 2.05) is 0 Å². The third-order valence-corrected chi connectivity index (χ3v) is 2.58. The molecule has 1 rings (SSSR count). The van der Waals surface area contributed by atoms with Crippen LogP contribution in [0.3, 0.4) is 0 Å². The molecule has 0 aromatic heterocycles. The molecule has 1 aliphatic heterocycles. The van der Waals surface area contributed by atoms with Crippen molar-refractivity contribution in [1.29, 1.82) is 0 Å². The van der Waals surface area contributed by atoms with Gasteiger partial charge in [-0.1, -0.05) is 0 Å². The molecule has 0 aliphatic carbocycles. The Morgan fingerprint density at radius 3 is 2.31 bits per heavy atom. The van der Waals surface area contributed by atoms with Crippen molar-refractivity contribution in [2.24, 2.45) is 5.73 Å². The van der Waals surface area contributed by atoms with Crippen molar-refractivity contribution >= 4 is 10.4 Å². The van der Waals surface area contributed by atoms with Crippen LogP contribution in [0.1, 0.15) is 0 Å². The van der Waals surface area contributed by atoms with E-state index in [1.54, 1.807) is 0 Å². The Balaban J connectivity index is 2.61. The van der Waals surface area contributed by atoms with E-state index in [-0.39, 0.29) is 0 Å². The van der Waals surface area contributed by atoms with Gasteiger partial charge in [-0.15, -0.1) is 0 Å². The molecule has 0 aromatic carbocycles. The lowest BCUT2D eigenvalue weighted by Crippen LogP contribution is -2.62. The van der Waals surface area contributed by atoms with Crippen molar-refractivity contribution in [2.75, 3.05) is 6.61 Å². The largest absolute Gasteiger partial charge is 0.397 e. The number of ether oxygens (including phenoxy) is 1. The number of rotatable bonds is 3. The molecule has 0 saturated carbocycles. The van der Waals surface area contributed by atoms with Gasteiger partial charge in [0.25, 0.3) is 0 Å². The van der Waals surface area contributed by atoms with Crippen molar-refractivity contribution in [1.82, 2.24) is 0 Å². The minimum Gasteiger partial charge on any atom is -0.388 e. The van der Waals surface area contributed by atoms with Crippen LogP contribution in [0.5, 0.6) is 0 Å². The molecule has 10 heteroatoms. The maximum atomic E-state index is 10.3. The summed E-state index contributed by atoms with van der Waals surface area (Å²) in [5.41, 5.74) is 5.26. The Morgan fingerprint density at radius 2 is 1.81 bits per heavy atom. The van der Waals surface area contributed by atoms with Gasteiger partial charge < -0.3 is 25.8 Å². The Bertz CT molecular complexity index is 331. The van der Waals surface area contributed by atoms with Gasteiger partial charge in [-0.05, 0) is 0 Å². The first kappa shape index (κ1) is 13.7. The van der Waals surface area contributed by atoms with Crippen molar-refractivity contribution in [3.63, 3.8) is 0 Å².